The van der Waals surface area contributed by atoms with Crippen molar-refractivity contribution in [1.82, 2.24) is 19.6 Å². The molecule has 6 heteroatoms. The number of piperazine rings is 1. The largest absolute Gasteiger partial charge is 0.394 e. The van der Waals surface area contributed by atoms with Crippen LogP contribution in [0.25, 0.3) is 0 Å². The molecular formula is C14H28N6. The summed E-state index contributed by atoms with van der Waals surface area (Å²) in [6, 6.07) is 0.505. The molecule has 1 aliphatic heterocycles. The normalized spacial score (nSPS) is 21.6. The van der Waals surface area contributed by atoms with E-state index in [4.69, 9.17) is 5.73 Å². The highest BCUT2D eigenvalue weighted by atomic mass is 15.3. The number of nitrogens with one attached hydrogen (secondary N) is 1. The third-order valence-corrected chi connectivity index (χ3v) is 4.14. The van der Waals surface area contributed by atoms with E-state index in [9.17, 15) is 0 Å². The molecular weight excluding hydrogens is 252 g/mol. The van der Waals surface area contributed by atoms with E-state index in [2.05, 4.69) is 48.2 Å². The van der Waals surface area contributed by atoms with Gasteiger partial charge in [-0.25, -0.2) is 0 Å². The Balaban J connectivity index is 2.03. The van der Waals surface area contributed by atoms with Crippen LogP contribution in [0.15, 0.2) is 0 Å². The number of nitrogen functional groups attached to an aromatic ring is 1. The quantitative estimate of drug-likeness (QED) is 0.853. The molecule has 2 heterocycles. The predicted octanol–water partition coefficient (Wildman–Crippen LogP) is 0.783. The summed E-state index contributed by atoms with van der Waals surface area (Å²) >= 11 is 0. The maximum absolute atomic E-state index is 6.21. The Labute approximate surface area is 121 Å². The van der Waals surface area contributed by atoms with Gasteiger partial charge in [-0.05, 0) is 20.0 Å². The molecule has 0 aliphatic carbocycles. The van der Waals surface area contributed by atoms with Crippen molar-refractivity contribution in [3.8, 4) is 0 Å². The smallest absolute Gasteiger partial charge is 0.147 e. The lowest BCUT2D eigenvalue weighted by atomic mass is 10.1. The maximum atomic E-state index is 6.21. The second kappa shape index (κ2) is 6.01. The van der Waals surface area contributed by atoms with Crippen LogP contribution in [-0.2, 0) is 7.05 Å². The van der Waals surface area contributed by atoms with Gasteiger partial charge in [0.15, 0.2) is 0 Å². The molecule has 0 aromatic carbocycles. The Morgan fingerprint density at radius 3 is 2.60 bits per heavy atom. The zero-order chi connectivity index (χ0) is 14.9. The minimum absolute atomic E-state index is 0.347. The fraction of sp³-hybridized carbons (Fsp3) is 0.786. The first-order valence-corrected chi connectivity index (χ1v) is 7.35. The highest BCUT2D eigenvalue weighted by Gasteiger charge is 2.23. The number of aryl methyl sites for hydroxylation is 1. The molecule has 1 aromatic heterocycles. The molecule has 2 rings (SSSR count). The van der Waals surface area contributed by atoms with E-state index in [1.54, 1.807) is 0 Å². The van der Waals surface area contributed by atoms with Crippen molar-refractivity contribution in [3.05, 3.63) is 5.69 Å². The van der Waals surface area contributed by atoms with Gasteiger partial charge in [-0.2, -0.15) is 5.10 Å². The van der Waals surface area contributed by atoms with Gasteiger partial charge in [0.2, 0.25) is 0 Å². The number of hydrogen-bond donors (Lipinski definition) is 2. The van der Waals surface area contributed by atoms with Crippen LogP contribution in [-0.4, -0.2) is 65.9 Å². The lowest BCUT2D eigenvalue weighted by molar-refractivity contribution is 0.121. The van der Waals surface area contributed by atoms with Gasteiger partial charge >= 0.3 is 0 Å². The standard InChI is InChI=1S/C14H28N6/c1-10(2)13-12(15)14(20(5)17-13)16-8-11-9-18(3)6-7-19(11)4/h10-11,16H,6-9,15H2,1-5H3. The summed E-state index contributed by atoms with van der Waals surface area (Å²) in [6.07, 6.45) is 0. The molecule has 1 aliphatic rings. The van der Waals surface area contributed by atoms with Crippen molar-refractivity contribution in [1.29, 1.82) is 0 Å². The van der Waals surface area contributed by atoms with Gasteiger partial charge < -0.3 is 16.0 Å². The molecule has 0 amide bonds. The van der Waals surface area contributed by atoms with Crippen LogP contribution >= 0.6 is 0 Å². The summed E-state index contributed by atoms with van der Waals surface area (Å²) in [5.74, 6) is 1.29. The number of anilines is 2. The van der Waals surface area contributed by atoms with Crippen LogP contribution in [0.2, 0.25) is 0 Å². The van der Waals surface area contributed by atoms with E-state index in [0.29, 0.717) is 12.0 Å². The third-order valence-electron chi connectivity index (χ3n) is 4.14. The summed E-state index contributed by atoms with van der Waals surface area (Å²) in [5.41, 5.74) is 7.98. The van der Waals surface area contributed by atoms with Gasteiger partial charge in [-0.15, -0.1) is 0 Å². The average Bonchev–Trinajstić information content (AvgIpc) is 2.67. The van der Waals surface area contributed by atoms with Crippen molar-refractivity contribution in [2.45, 2.75) is 25.8 Å². The summed E-state index contributed by atoms with van der Waals surface area (Å²) in [7, 11) is 6.31. The Morgan fingerprint density at radius 2 is 2.00 bits per heavy atom. The Morgan fingerprint density at radius 1 is 1.30 bits per heavy atom. The molecule has 114 valence electrons. The van der Waals surface area contributed by atoms with Crippen LogP contribution in [0.5, 0.6) is 0 Å². The number of nitrogens with two attached hydrogens (primary N) is 1. The summed E-state index contributed by atoms with van der Waals surface area (Å²) in [4.78, 5) is 4.78. The van der Waals surface area contributed by atoms with Gasteiger partial charge in [-0.1, -0.05) is 13.8 Å². The Hall–Kier alpha value is -1.27. The molecule has 1 aromatic rings. The summed E-state index contributed by atoms with van der Waals surface area (Å²) in [5, 5.41) is 8.00. The summed E-state index contributed by atoms with van der Waals surface area (Å²) < 4.78 is 1.86. The van der Waals surface area contributed by atoms with E-state index in [0.717, 1.165) is 43.4 Å². The van der Waals surface area contributed by atoms with Crippen LogP contribution in [0.1, 0.15) is 25.5 Å². The van der Waals surface area contributed by atoms with E-state index < -0.39 is 0 Å². The summed E-state index contributed by atoms with van der Waals surface area (Å²) in [6.45, 7) is 8.46. The van der Waals surface area contributed by atoms with Crippen molar-refractivity contribution in [3.63, 3.8) is 0 Å². The second-order valence-corrected chi connectivity index (χ2v) is 6.20. The van der Waals surface area contributed by atoms with E-state index in [1.807, 2.05) is 11.7 Å². The number of rotatable bonds is 4. The molecule has 3 N–H and O–H groups in total. The lowest BCUT2D eigenvalue weighted by Crippen LogP contribution is -2.52. The van der Waals surface area contributed by atoms with Gasteiger partial charge in [0, 0.05) is 39.3 Å². The van der Waals surface area contributed by atoms with Crippen molar-refractivity contribution >= 4 is 11.5 Å². The number of hydrogen-bond acceptors (Lipinski definition) is 5. The molecule has 1 fully saturated rings. The molecule has 1 saturated heterocycles. The van der Waals surface area contributed by atoms with Gasteiger partial charge in [0.25, 0.3) is 0 Å². The first-order valence-electron chi connectivity index (χ1n) is 7.35. The monoisotopic (exact) mass is 280 g/mol. The SMILES string of the molecule is CC(C)c1nn(C)c(NCC2CN(C)CCN2C)c1N. The molecule has 0 spiro atoms. The molecule has 0 radical (unpaired) electrons. The highest BCUT2D eigenvalue weighted by molar-refractivity contribution is 5.65. The molecule has 1 unspecified atom stereocenters. The number of aromatic nitrogens is 2. The Bertz CT molecular complexity index is 453. The number of likely N-dealkylation sites (N-methyl/N-ethyl adjacent to an activating group) is 2. The minimum Gasteiger partial charge on any atom is -0.394 e. The predicted molar refractivity (Wildman–Crippen MR) is 84.1 cm³/mol. The first-order chi connectivity index (χ1) is 9.40. The maximum Gasteiger partial charge on any atom is 0.147 e. The molecule has 0 bridgehead atoms. The molecule has 6 nitrogen and oxygen atoms in total. The van der Waals surface area contributed by atoms with Gasteiger partial charge in [-0.3, -0.25) is 9.58 Å². The van der Waals surface area contributed by atoms with E-state index >= 15 is 0 Å². The third kappa shape index (κ3) is 3.07. The minimum atomic E-state index is 0.347. The average molecular weight is 280 g/mol. The zero-order valence-corrected chi connectivity index (χ0v) is 13.3. The van der Waals surface area contributed by atoms with Crippen LogP contribution in [0.4, 0.5) is 11.5 Å². The van der Waals surface area contributed by atoms with E-state index in [-0.39, 0.29) is 0 Å². The first kappa shape index (κ1) is 15.1. The van der Waals surface area contributed by atoms with Crippen LogP contribution < -0.4 is 11.1 Å². The van der Waals surface area contributed by atoms with Crippen LogP contribution in [0.3, 0.4) is 0 Å². The highest BCUT2D eigenvalue weighted by Crippen LogP contribution is 2.27. The Kier molecular flexibility index (Phi) is 4.55. The zero-order valence-electron chi connectivity index (χ0n) is 13.3. The van der Waals surface area contributed by atoms with Gasteiger partial charge in [0.05, 0.1) is 11.4 Å². The topological polar surface area (TPSA) is 62.4 Å². The van der Waals surface area contributed by atoms with Gasteiger partial charge in [0.1, 0.15) is 5.82 Å². The van der Waals surface area contributed by atoms with Crippen molar-refractivity contribution < 1.29 is 0 Å². The molecule has 20 heavy (non-hydrogen) atoms. The second-order valence-electron chi connectivity index (χ2n) is 6.20. The molecule has 0 saturated carbocycles. The van der Waals surface area contributed by atoms with Crippen LogP contribution in [0, 0.1) is 0 Å². The van der Waals surface area contributed by atoms with Crippen molar-refractivity contribution in [2.24, 2.45) is 7.05 Å². The molecule has 1 atom stereocenters. The fourth-order valence-corrected chi connectivity index (χ4v) is 2.73. The fourth-order valence-electron chi connectivity index (χ4n) is 2.73. The number of nitrogens with zero attached hydrogens (tertiary/aromatic N) is 4. The lowest BCUT2D eigenvalue weighted by Gasteiger charge is -2.37. The van der Waals surface area contributed by atoms with Crippen molar-refractivity contribution in [2.75, 3.05) is 51.3 Å². The van der Waals surface area contributed by atoms with E-state index in [1.165, 1.54) is 0 Å².